The molecule has 0 heterocycles. The molecule has 0 saturated carbocycles. The number of nitrogens with one attached hydrogen (secondary N) is 1. The third-order valence-electron chi connectivity index (χ3n) is 3.41. The maximum atomic E-state index is 9.35. The first-order chi connectivity index (χ1) is 8.38. The van der Waals surface area contributed by atoms with E-state index < -0.39 is 0 Å². The lowest BCUT2D eigenvalue weighted by molar-refractivity contribution is 0.204. The van der Waals surface area contributed by atoms with Crippen LogP contribution in [0.1, 0.15) is 33.3 Å². The molecule has 0 bridgehead atoms. The normalized spacial score (nSPS) is 13.9. The summed E-state index contributed by atoms with van der Waals surface area (Å²) in [4.78, 5) is 0. The smallest absolute Gasteiger partial charge is 0.0587 e. The first-order valence-corrected chi connectivity index (χ1v) is 7.27. The molecule has 1 unspecified atom stereocenters. The fraction of sp³-hybridized carbons (Fsp3) is 0.600. The monoisotopic (exact) mass is 313 g/mol. The standard InChI is InChI=1S/C15H24BrNO/c1-11(2)14(9-18)17-10-15(3,4)12-7-5-6-8-13(12)16/h5-8,11,14,17-18H,9-10H2,1-4H3. The van der Waals surface area contributed by atoms with E-state index >= 15 is 0 Å². The van der Waals surface area contributed by atoms with Gasteiger partial charge in [0.05, 0.1) is 6.61 Å². The predicted octanol–water partition coefficient (Wildman–Crippen LogP) is 3.33. The van der Waals surface area contributed by atoms with Gasteiger partial charge in [0.1, 0.15) is 0 Å². The number of rotatable bonds is 6. The Labute approximate surface area is 119 Å². The number of aliphatic hydroxyl groups excluding tert-OH is 1. The Morgan fingerprint density at radius 3 is 2.39 bits per heavy atom. The van der Waals surface area contributed by atoms with Crippen molar-refractivity contribution in [2.45, 2.75) is 39.2 Å². The van der Waals surface area contributed by atoms with Crippen LogP contribution in [0.2, 0.25) is 0 Å². The van der Waals surface area contributed by atoms with Gasteiger partial charge in [-0.3, -0.25) is 0 Å². The van der Waals surface area contributed by atoms with E-state index in [1.54, 1.807) is 0 Å². The third-order valence-corrected chi connectivity index (χ3v) is 4.10. The van der Waals surface area contributed by atoms with E-state index in [9.17, 15) is 5.11 Å². The van der Waals surface area contributed by atoms with Crippen molar-refractivity contribution in [3.05, 3.63) is 34.3 Å². The summed E-state index contributed by atoms with van der Waals surface area (Å²) in [6, 6.07) is 8.47. The van der Waals surface area contributed by atoms with E-state index in [-0.39, 0.29) is 18.1 Å². The van der Waals surface area contributed by atoms with E-state index in [2.05, 4.69) is 67.1 Å². The van der Waals surface area contributed by atoms with Crippen molar-refractivity contribution in [2.24, 2.45) is 5.92 Å². The van der Waals surface area contributed by atoms with Gasteiger partial charge in [-0.2, -0.15) is 0 Å². The minimum atomic E-state index is 0.0302. The molecule has 0 aliphatic carbocycles. The summed E-state index contributed by atoms with van der Waals surface area (Å²) in [5.74, 6) is 0.435. The van der Waals surface area contributed by atoms with Gasteiger partial charge in [-0.15, -0.1) is 0 Å². The molecule has 0 aliphatic rings. The summed E-state index contributed by atoms with van der Waals surface area (Å²) < 4.78 is 1.14. The van der Waals surface area contributed by atoms with E-state index in [1.165, 1.54) is 5.56 Å². The fourth-order valence-corrected chi connectivity index (χ4v) is 2.82. The first kappa shape index (κ1) is 15.7. The average Bonchev–Trinajstić information content (AvgIpc) is 2.29. The molecule has 0 radical (unpaired) electrons. The van der Waals surface area contributed by atoms with Gasteiger partial charge in [-0.1, -0.05) is 61.8 Å². The minimum absolute atomic E-state index is 0.0302. The number of halogens is 1. The highest BCUT2D eigenvalue weighted by atomic mass is 79.9. The highest BCUT2D eigenvalue weighted by Gasteiger charge is 2.24. The van der Waals surface area contributed by atoms with Gasteiger partial charge in [0, 0.05) is 22.5 Å². The summed E-state index contributed by atoms with van der Waals surface area (Å²) >= 11 is 3.61. The molecule has 0 amide bonds. The SMILES string of the molecule is CC(C)C(CO)NCC(C)(C)c1ccccc1Br. The largest absolute Gasteiger partial charge is 0.395 e. The molecule has 1 aromatic carbocycles. The molecule has 102 valence electrons. The summed E-state index contributed by atoms with van der Waals surface area (Å²) in [5, 5.41) is 12.8. The lowest BCUT2D eigenvalue weighted by atomic mass is 9.84. The van der Waals surface area contributed by atoms with Crippen LogP contribution < -0.4 is 5.32 Å². The molecule has 0 aliphatic heterocycles. The number of hydrogen-bond acceptors (Lipinski definition) is 2. The van der Waals surface area contributed by atoms with E-state index in [0.717, 1.165) is 11.0 Å². The number of aliphatic hydroxyl groups is 1. The zero-order valence-corrected chi connectivity index (χ0v) is 13.3. The summed E-state index contributed by atoms with van der Waals surface area (Å²) in [5.41, 5.74) is 1.32. The molecule has 1 aromatic rings. The second-order valence-corrected chi connectivity index (χ2v) is 6.63. The Morgan fingerprint density at radius 1 is 1.28 bits per heavy atom. The lowest BCUT2D eigenvalue weighted by Gasteiger charge is -2.30. The number of hydrogen-bond donors (Lipinski definition) is 2. The fourth-order valence-electron chi connectivity index (χ4n) is 2.00. The first-order valence-electron chi connectivity index (χ1n) is 6.47. The molecule has 2 nitrogen and oxygen atoms in total. The molecule has 2 N–H and O–H groups in total. The van der Waals surface area contributed by atoms with Crippen LogP contribution in [0.5, 0.6) is 0 Å². The van der Waals surface area contributed by atoms with Crippen molar-refractivity contribution in [3.63, 3.8) is 0 Å². The van der Waals surface area contributed by atoms with Crippen LogP contribution in [0.3, 0.4) is 0 Å². The van der Waals surface area contributed by atoms with Crippen molar-refractivity contribution in [1.82, 2.24) is 5.32 Å². The molecule has 3 heteroatoms. The maximum Gasteiger partial charge on any atom is 0.0587 e. The van der Waals surface area contributed by atoms with E-state index in [1.807, 2.05) is 6.07 Å². The second kappa shape index (κ2) is 6.69. The topological polar surface area (TPSA) is 32.3 Å². The molecule has 1 rings (SSSR count). The van der Waals surface area contributed by atoms with Crippen LogP contribution in [0.25, 0.3) is 0 Å². The van der Waals surface area contributed by atoms with Gasteiger partial charge in [-0.25, -0.2) is 0 Å². The Kier molecular flexibility index (Phi) is 5.83. The van der Waals surface area contributed by atoms with Crippen molar-refractivity contribution in [1.29, 1.82) is 0 Å². The summed E-state index contributed by atoms with van der Waals surface area (Å²) in [7, 11) is 0. The zero-order chi connectivity index (χ0) is 13.8. The van der Waals surface area contributed by atoms with Gasteiger partial charge in [0.25, 0.3) is 0 Å². The Morgan fingerprint density at radius 2 is 1.89 bits per heavy atom. The van der Waals surface area contributed by atoms with Gasteiger partial charge >= 0.3 is 0 Å². The van der Waals surface area contributed by atoms with E-state index in [4.69, 9.17) is 0 Å². The molecule has 0 saturated heterocycles. The minimum Gasteiger partial charge on any atom is -0.395 e. The summed E-state index contributed by atoms with van der Waals surface area (Å²) in [6.07, 6.45) is 0. The second-order valence-electron chi connectivity index (χ2n) is 5.78. The zero-order valence-electron chi connectivity index (χ0n) is 11.7. The van der Waals surface area contributed by atoms with Crippen molar-refractivity contribution in [2.75, 3.05) is 13.2 Å². The maximum absolute atomic E-state index is 9.35. The molecule has 0 spiro atoms. The summed E-state index contributed by atoms with van der Waals surface area (Å²) in [6.45, 7) is 9.71. The molecular formula is C15H24BrNO. The van der Waals surface area contributed by atoms with Crippen LogP contribution >= 0.6 is 15.9 Å². The lowest BCUT2D eigenvalue weighted by Crippen LogP contribution is -2.43. The van der Waals surface area contributed by atoms with Crippen LogP contribution in [-0.4, -0.2) is 24.3 Å². The molecule has 18 heavy (non-hydrogen) atoms. The van der Waals surface area contributed by atoms with Crippen LogP contribution in [0, 0.1) is 5.92 Å². The predicted molar refractivity (Wildman–Crippen MR) is 80.9 cm³/mol. The molecule has 0 fully saturated rings. The van der Waals surface area contributed by atoms with E-state index in [0.29, 0.717) is 5.92 Å². The highest BCUT2D eigenvalue weighted by Crippen LogP contribution is 2.29. The van der Waals surface area contributed by atoms with Gasteiger partial charge < -0.3 is 10.4 Å². The van der Waals surface area contributed by atoms with Crippen LogP contribution in [0.4, 0.5) is 0 Å². The van der Waals surface area contributed by atoms with Crippen molar-refractivity contribution >= 4 is 15.9 Å². The molecule has 0 aromatic heterocycles. The Balaban J connectivity index is 2.73. The molecule has 1 atom stereocenters. The van der Waals surface area contributed by atoms with Gasteiger partial charge in [0.15, 0.2) is 0 Å². The average molecular weight is 314 g/mol. The highest BCUT2D eigenvalue weighted by molar-refractivity contribution is 9.10. The van der Waals surface area contributed by atoms with Crippen LogP contribution in [-0.2, 0) is 5.41 Å². The Hall–Kier alpha value is -0.380. The molecular weight excluding hydrogens is 290 g/mol. The number of benzene rings is 1. The third kappa shape index (κ3) is 4.08. The van der Waals surface area contributed by atoms with Gasteiger partial charge in [-0.05, 0) is 17.5 Å². The quantitative estimate of drug-likeness (QED) is 0.844. The van der Waals surface area contributed by atoms with Crippen LogP contribution in [0.15, 0.2) is 28.7 Å². The van der Waals surface area contributed by atoms with Crippen molar-refractivity contribution < 1.29 is 5.11 Å². The van der Waals surface area contributed by atoms with Crippen molar-refractivity contribution in [3.8, 4) is 0 Å². The van der Waals surface area contributed by atoms with Gasteiger partial charge in [0.2, 0.25) is 0 Å². The Bertz CT molecular complexity index is 377.